The molecule has 0 aliphatic heterocycles. The smallest absolute Gasteiger partial charge is 0.220 e. The van der Waals surface area contributed by atoms with Crippen molar-refractivity contribution in [3.8, 4) is 5.75 Å². The Morgan fingerprint density at radius 3 is 2.76 bits per heavy atom. The van der Waals surface area contributed by atoms with E-state index in [0.717, 1.165) is 12.0 Å². The number of halogens is 1. The van der Waals surface area contributed by atoms with E-state index in [2.05, 4.69) is 5.32 Å². The number of hydrogen-bond donors (Lipinski definition) is 2. The maximum absolute atomic E-state index is 11.8. The number of ether oxygens (including phenoxy) is 1. The first-order valence-electron chi connectivity index (χ1n) is 7.19. The highest BCUT2D eigenvalue weighted by Crippen LogP contribution is 2.25. The molecule has 0 saturated carbocycles. The van der Waals surface area contributed by atoms with Crippen molar-refractivity contribution in [3.05, 3.63) is 28.8 Å². The largest absolute Gasteiger partial charge is 0.495 e. The summed E-state index contributed by atoms with van der Waals surface area (Å²) < 4.78 is 5.09. The van der Waals surface area contributed by atoms with Crippen LogP contribution in [-0.4, -0.2) is 30.3 Å². The molecule has 4 nitrogen and oxygen atoms in total. The standard InChI is InChI=1S/C16H24ClNO3/c1-4-9-16(2,20)11-18-15(19)8-6-12-5-7-14(21-3)13(17)10-12/h5,7,10,20H,4,6,8-9,11H2,1-3H3,(H,18,19). The van der Waals surface area contributed by atoms with Gasteiger partial charge in [0, 0.05) is 13.0 Å². The Hall–Kier alpha value is -1.26. The van der Waals surface area contributed by atoms with Crippen LogP contribution in [0.2, 0.25) is 5.02 Å². The lowest BCUT2D eigenvalue weighted by Crippen LogP contribution is -2.40. The first-order chi connectivity index (χ1) is 9.88. The summed E-state index contributed by atoms with van der Waals surface area (Å²) in [5.41, 5.74) is 0.143. The lowest BCUT2D eigenvalue weighted by atomic mass is 10.0. The van der Waals surface area contributed by atoms with Crippen molar-refractivity contribution < 1.29 is 14.6 Å². The predicted molar refractivity (Wildman–Crippen MR) is 84.9 cm³/mol. The number of amides is 1. The van der Waals surface area contributed by atoms with Crippen LogP contribution in [0.4, 0.5) is 0 Å². The summed E-state index contributed by atoms with van der Waals surface area (Å²) in [7, 11) is 1.57. The lowest BCUT2D eigenvalue weighted by molar-refractivity contribution is -0.122. The van der Waals surface area contributed by atoms with Crippen molar-refractivity contribution in [3.63, 3.8) is 0 Å². The van der Waals surface area contributed by atoms with E-state index in [0.29, 0.717) is 30.0 Å². The van der Waals surface area contributed by atoms with Gasteiger partial charge in [0.15, 0.2) is 0 Å². The molecule has 1 rings (SSSR count). The van der Waals surface area contributed by atoms with Gasteiger partial charge in [-0.25, -0.2) is 0 Å². The number of benzene rings is 1. The van der Waals surface area contributed by atoms with Crippen LogP contribution >= 0.6 is 11.6 Å². The molecule has 1 aromatic carbocycles. The number of hydrogen-bond acceptors (Lipinski definition) is 3. The van der Waals surface area contributed by atoms with Crippen LogP contribution in [0.3, 0.4) is 0 Å². The van der Waals surface area contributed by atoms with Crippen molar-refractivity contribution in [1.82, 2.24) is 5.32 Å². The summed E-state index contributed by atoms with van der Waals surface area (Å²) in [4.78, 5) is 11.8. The molecule has 21 heavy (non-hydrogen) atoms. The minimum atomic E-state index is -0.839. The van der Waals surface area contributed by atoms with Gasteiger partial charge in [-0.05, 0) is 37.5 Å². The van der Waals surface area contributed by atoms with Gasteiger partial charge in [0.2, 0.25) is 5.91 Å². The number of aliphatic hydroxyl groups is 1. The Morgan fingerprint density at radius 2 is 2.19 bits per heavy atom. The molecule has 5 heteroatoms. The van der Waals surface area contributed by atoms with Crippen LogP contribution in [-0.2, 0) is 11.2 Å². The Bertz CT molecular complexity index is 475. The van der Waals surface area contributed by atoms with Gasteiger partial charge in [-0.15, -0.1) is 0 Å². The molecule has 118 valence electrons. The fraction of sp³-hybridized carbons (Fsp3) is 0.562. The zero-order valence-electron chi connectivity index (χ0n) is 12.9. The highest BCUT2D eigenvalue weighted by molar-refractivity contribution is 6.32. The molecule has 1 unspecified atom stereocenters. The molecule has 0 spiro atoms. The zero-order valence-corrected chi connectivity index (χ0v) is 13.7. The lowest BCUT2D eigenvalue weighted by Gasteiger charge is -2.22. The van der Waals surface area contributed by atoms with Gasteiger partial charge >= 0.3 is 0 Å². The molecule has 0 heterocycles. The van der Waals surface area contributed by atoms with Gasteiger partial charge in [-0.1, -0.05) is 31.0 Å². The average Bonchev–Trinajstić information content (AvgIpc) is 2.43. The Labute approximate surface area is 131 Å². The van der Waals surface area contributed by atoms with Crippen molar-refractivity contribution in [2.45, 2.75) is 45.1 Å². The van der Waals surface area contributed by atoms with Gasteiger partial charge in [0.05, 0.1) is 17.7 Å². The third-order valence-electron chi connectivity index (χ3n) is 3.31. The van der Waals surface area contributed by atoms with Crippen LogP contribution in [0.25, 0.3) is 0 Å². The number of methoxy groups -OCH3 is 1. The summed E-state index contributed by atoms with van der Waals surface area (Å²) in [6.45, 7) is 4.02. The topological polar surface area (TPSA) is 58.6 Å². The molecular formula is C16H24ClNO3. The van der Waals surface area contributed by atoms with E-state index < -0.39 is 5.60 Å². The molecule has 0 radical (unpaired) electrons. The van der Waals surface area contributed by atoms with E-state index >= 15 is 0 Å². The third kappa shape index (κ3) is 6.36. The van der Waals surface area contributed by atoms with Crippen molar-refractivity contribution in [2.24, 2.45) is 0 Å². The van der Waals surface area contributed by atoms with Gasteiger partial charge in [-0.3, -0.25) is 4.79 Å². The maximum Gasteiger partial charge on any atom is 0.220 e. The molecule has 0 saturated heterocycles. The quantitative estimate of drug-likeness (QED) is 0.776. The molecule has 2 N–H and O–H groups in total. The van der Waals surface area contributed by atoms with Crippen molar-refractivity contribution >= 4 is 17.5 Å². The molecule has 0 aliphatic rings. The van der Waals surface area contributed by atoms with E-state index in [4.69, 9.17) is 16.3 Å². The summed E-state index contributed by atoms with van der Waals surface area (Å²) >= 11 is 6.04. The zero-order chi connectivity index (χ0) is 15.9. The van der Waals surface area contributed by atoms with Crippen LogP contribution < -0.4 is 10.1 Å². The second kappa shape index (κ2) is 8.25. The van der Waals surface area contributed by atoms with Crippen molar-refractivity contribution in [1.29, 1.82) is 0 Å². The highest BCUT2D eigenvalue weighted by Gasteiger charge is 2.19. The summed E-state index contributed by atoms with van der Waals surface area (Å²) in [6, 6.07) is 5.49. The molecule has 1 aromatic rings. The second-order valence-corrected chi connectivity index (χ2v) is 5.90. The molecular weight excluding hydrogens is 290 g/mol. The van der Waals surface area contributed by atoms with Gasteiger partial charge in [-0.2, -0.15) is 0 Å². The summed E-state index contributed by atoms with van der Waals surface area (Å²) in [5, 5.41) is 13.3. The minimum Gasteiger partial charge on any atom is -0.495 e. The van der Waals surface area contributed by atoms with E-state index in [1.165, 1.54) is 0 Å². The van der Waals surface area contributed by atoms with Crippen LogP contribution in [0.15, 0.2) is 18.2 Å². The average molecular weight is 314 g/mol. The fourth-order valence-electron chi connectivity index (χ4n) is 2.13. The van der Waals surface area contributed by atoms with Crippen LogP contribution in [0, 0.1) is 0 Å². The van der Waals surface area contributed by atoms with Gasteiger partial charge in [0.25, 0.3) is 0 Å². The van der Waals surface area contributed by atoms with Gasteiger partial charge < -0.3 is 15.2 Å². The fourth-order valence-corrected chi connectivity index (χ4v) is 2.41. The summed E-state index contributed by atoms with van der Waals surface area (Å²) in [5.74, 6) is 0.554. The first-order valence-corrected chi connectivity index (χ1v) is 7.57. The minimum absolute atomic E-state index is 0.0710. The molecule has 0 aromatic heterocycles. The molecule has 1 amide bonds. The molecule has 1 atom stereocenters. The highest BCUT2D eigenvalue weighted by atomic mass is 35.5. The van der Waals surface area contributed by atoms with Crippen LogP contribution in [0.5, 0.6) is 5.75 Å². The van der Waals surface area contributed by atoms with E-state index in [-0.39, 0.29) is 12.5 Å². The Kier molecular flexibility index (Phi) is 6.99. The van der Waals surface area contributed by atoms with Crippen molar-refractivity contribution in [2.75, 3.05) is 13.7 Å². The number of rotatable bonds is 8. The van der Waals surface area contributed by atoms with E-state index in [1.54, 1.807) is 26.2 Å². The normalized spacial score (nSPS) is 13.6. The molecule has 0 bridgehead atoms. The Morgan fingerprint density at radius 1 is 1.48 bits per heavy atom. The Balaban J connectivity index is 2.41. The summed E-state index contributed by atoms with van der Waals surface area (Å²) in [6.07, 6.45) is 2.52. The monoisotopic (exact) mass is 313 g/mol. The SMILES string of the molecule is CCCC(C)(O)CNC(=O)CCc1ccc(OC)c(Cl)c1. The molecule has 0 fully saturated rings. The second-order valence-electron chi connectivity index (χ2n) is 5.49. The number of aryl methyl sites for hydroxylation is 1. The van der Waals surface area contributed by atoms with E-state index in [1.807, 2.05) is 13.0 Å². The maximum atomic E-state index is 11.8. The number of carbonyl (C=O) groups excluding carboxylic acids is 1. The predicted octanol–water partition coefficient (Wildman–Crippen LogP) is 2.95. The third-order valence-corrected chi connectivity index (χ3v) is 3.61. The number of nitrogens with one attached hydrogen (secondary N) is 1. The van der Waals surface area contributed by atoms with E-state index in [9.17, 15) is 9.90 Å². The first kappa shape index (κ1) is 17.8. The van der Waals surface area contributed by atoms with Crippen LogP contribution in [0.1, 0.15) is 38.7 Å². The van der Waals surface area contributed by atoms with Gasteiger partial charge in [0.1, 0.15) is 5.75 Å². The number of carbonyl (C=O) groups is 1. The molecule has 0 aliphatic carbocycles.